The molecule has 0 unspecified atom stereocenters. The fraction of sp³-hybridized carbons (Fsp3) is 0.560. The van der Waals surface area contributed by atoms with E-state index in [9.17, 15) is 9.90 Å². The molecule has 1 aromatic carbocycles. The molecule has 4 rings (SSSR count). The summed E-state index contributed by atoms with van der Waals surface area (Å²) in [7, 11) is 0. The van der Waals surface area contributed by atoms with Gasteiger partial charge < -0.3 is 15.7 Å². The fourth-order valence-electron chi connectivity index (χ4n) is 4.91. The topological polar surface area (TPSA) is 93.6 Å². The van der Waals surface area contributed by atoms with Gasteiger partial charge in [0.15, 0.2) is 0 Å². The van der Waals surface area contributed by atoms with Gasteiger partial charge in [-0.05, 0) is 36.5 Å². The maximum Gasteiger partial charge on any atom is 0.228 e. The molecule has 3 N–H and O–H groups in total. The molecule has 2 aromatic rings. The summed E-state index contributed by atoms with van der Waals surface area (Å²) in [5, 5.41) is 16.4. The van der Waals surface area contributed by atoms with Gasteiger partial charge in [0.1, 0.15) is 12.1 Å². The third-order valence-corrected chi connectivity index (χ3v) is 7.15. The molecule has 184 valence electrons. The molecule has 8 nitrogen and oxygen atoms in total. The Bertz CT molecular complexity index is 949. The Labute approximate surface area is 206 Å². The van der Waals surface area contributed by atoms with E-state index in [0.717, 1.165) is 56.1 Å². The van der Waals surface area contributed by atoms with Gasteiger partial charge in [-0.15, -0.1) is 0 Å². The van der Waals surface area contributed by atoms with Gasteiger partial charge in [-0.25, -0.2) is 9.97 Å². The van der Waals surface area contributed by atoms with Crippen LogP contribution in [0.3, 0.4) is 0 Å². The first-order chi connectivity index (χ1) is 16.5. The summed E-state index contributed by atoms with van der Waals surface area (Å²) in [5.74, 6) is 1.09. The maximum absolute atomic E-state index is 13.3. The summed E-state index contributed by atoms with van der Waals surface area (Å²) in [6.45, 7) is 8.45. The minimum Gasteiger partial charge on any atom is -0.395 e. The normalized spacial score (nSPS) is 19.6. The highest BCUT2D eigenvalue weighted by molar-refractivity contribution is 6.30. The van der Waals surface area contributed by atoms with Crippen LogP contribution in [0.15, 0.2) is 30.6 Å². The fourth-order valence-corrected chi connectivity index (χ4v) is 5.03. The van der Waals surface area contributed by atoms with E-state index in [4.69, 9.17) is 11.6 Å². The molecule has 0 bridgehead atoms. The molecule has 1 aliphatic carbocycles. The second kappa shape index (κ2) is 11.9. The lowest BCUT2D eigenvalue weighted by Gasteiger charge is -2.36. The van der Waals surface area contributed by atoms with Crippen molar-refractivity contribution in [3.8, 4) is 0 Å². The molecule has 0 radical (unpaired) electrons. The van der Waals surface area contributed by atoms with Crippen molar-refractivity contribution in [3.05, 3.63) is 52.4 Å². The van der Waals surface area contributed by atoms with E-state index >= 15 is 0 Å². The molecule has 0 spiro atoms. The average Bonchev–Trinajstić information content (AvgIpc) is 3.23. The highest BCUT2D eigenvalue weighted by Gasteiger charge is 2.26. The quantitative estimate of drug-likeness (QED) is 0.443. The number of nitrogens with zero attached hydrogens (tertiary/aromatic N) is 4. The third-order valence-electron chi connectivity index (χ3n) is 6.90. The van der Waals surface area contributed by atoms with Gasteiger partial charge in [0, 0.05) is 68.6 Å². The predicted octanol–water partition coefficient (Wildman–Crippen LogP) is 2.10. The van der Waals surface area contributed by atoms with E-state index in [2.05, 4.69) is 37.3 Å². The molecule has 1 saturated heterocycles. The van der Waals surface area contributed by atoms with Gasteiger partial charge >= 0.3 is 0 Å². The largest absolute Gasteiger partial charge is 0.395 e. The first-order valence-corrected chi connectivity index (χ1v) is 12.6. The smallest absolute Gasteiger partial charge is 0.228 e. The molecule has 34 heavy (non-hydrogen) atoms. The molecule has 1 aliphatic heterocycles. The second-order valence-electron chi connectivity index (χ2n) is 9.21. The molecule has 2 atom stereocenters. The van der Waals surface area contributed by atoms with Crippen LogP contribution in [0.5, 0.6) is 0 Å². The van der Waals surface area contributed by atoms with E-state index in [1.54, 1.807) is 6.33 Å². The number of carbonyl (C=O) groups is 1. The predicted molar refractivity (Wildman–Crippen MR) is 134 cm³/mol. The Morgan fingerprint density at radius 3 is 2.62 bits per heavy atom. The maximum atomic E-state index is 13.3. The summed E-state index contributed by atoms with van der Waals surface area (Å²) < 4.78 is 0. The van der Waals surface area contributed by atoms with Crippen LogP contribution in [0.25, 0.3) is 0 Å². The van der Waals surface area contributed by atoms with Crippen molar-refractivity contribution in [3.63, 3.8) is 0 Å². The number of aryl methyl sites for hydroxylation is 1. The number of nitrogens with one attached hydrogen (secondary N) is 2. The Hall–Kier alpha value is -2.26. The van der Waals surface area contributed by atoms with Gasteiger partial charge in [0.2, 0.25) is 5.91 Å². The number of hydrogen-bond donors (Lipinski definition) is 3. The average molecular weight is 487 g/mol. The van der Waals surface area contributed by atoms with Crippen molar-refractivity contribution in [2.75, 3.05) is 64.3 Å². The number of aliphatic hydroxyl groups excluding tert-OH is 1. The van der Waals surface area contributed by atoms with E-state index in [1.165, 1.54) is 5.56 Å². The molecule has 2 aliphatic rings. The van der Waals surface area contributed by atoms with Crippen molar-refractivity contribution in [2.45, 2.75) is 31.6 Å². The van der Waals surface area contributed by atoms with Crippen LogP contribution < -0.4 is 10.6 Å². The number of hydrogen-bond acceptors (Lipinski definition) is 7. The SMILES string of the molecule is C[C@@H]1CCc2ncnc(NCCNC(=O)[C@@H](CN3CCN(CCO)CC3)c3ccc(Cl)cc3)c21. The van der Waals surface area contributed by atoms with Gasteiger partial charge in [-0.3, -0.25) is 14.6 Å². The molecular weight excluding hydrogens is 452 g/mol. The van der Waals surface area contributed by atoms with Crippen molar-refractivity contribution in [1.82, 2.24) is 25.1 Å². The lowest BCUT2D eigenvalue weighted by molar-refractivity contribution is -0.123. The number of fused-ring (bicyclic) bond motifs is 1. The standard InChI is InChI=1S/C25H35ClN6O2/c1-18-2-7-22-23(18)24(30-17-29-22)27-8-9-28-25(34)21(19-3-5-20(26)6-4-19)16-32-12-10-31(11-13-32)14-15-33/h3-6,17-18,21,33H,2,7-16H2,1H3,(H,28,34)(H,27,29,30)/t18-,21+/m1/s1. The highest BCUT2D eigenvalue weighted by Crippen LogP contribution is 2.35. The van der Waals surface area contributed by atoms with Gasteiger partial charge in [0.25, 0.3) is 0 Å². The zero-order chi connectivity index (χ0) is 23.9. The number of amides is 1. The number of aliphatic hydroxyl groups is 1. The minimum absolute atomic E-state index is 0.0168. The monoisotopic (exact) mass is 486 g/mol. The van der Waals surface area contributed by atoms with Crippen LogP contribution in [-0.2, 0) is 11.2 Å². The van der Waals surface area contributed by atoms with E-state index in [0.29, 0.717) is 37.1 Å². The van der Waals surface area contributed by atoms with Crippen LogP contribution in [0.2, 0.25) is 5.02 Å². The first-order valence-electron chi connectivity index (χ1n) is 12.2. The van der Waals surface area contributed by atoms with Gasteiger partial charge in [-0.1, -0.05) is 30.7 Å². The number of benzene rings is 1. The minimum atomic E-state index is -0.273. The molecule has 9 heteroatoms. The molecule has 1 aromatic heterocycles. The van der Waals surface area contributed by atoms with E-state index < -0.39 is 0 Å². The summed E-state index contributed by atoms with van der Waals surface area (Å²) in [5.41, 5.74) is 3.32. The summed E-state index contributed by atoms with van der Waals surface area (Å²) >= 11 is 6.09. The number of piperazine rings is 1. The molecule has 0 saturated carbocycles. The van der Waals surface area contributed by atoms with Crippen LogP contribution in [0.4, 0.5) is 5.82 Å². The Morgan fingerprint density at radius 2 is 1.88 bits per heavy atom. The van der Waals surface area contributed by atoms with Crippen molar-refractivity contribution in [1.29, 1.82) is 0 Å². The molecule has 1 fully saturated rings. The van der Waals surface area contributed by atoms with E-state index in [-0.39, 0.29) is 18.4 Å². The number of β-amino-alcohol motifs (C(OH)–C–C–N with tert-alkyl or cyclic N) is 1. The number of aromatic nitrogens is 2. The van der Waals surface area contributed by atoms with Crippen molar-refractivity contribution < 1.29 is 9.90 Å². The molecule has 2 heterocycles. The highest BCUT2D eigenvalue weighted by atomic mass is 35.5. The van der Waals surface area contributed by atoms with Crippen LogP contribution >= 0.6 is 11.6 Å². The summed E-state index contributed by atoms with van der Waals surface area (Å²) in [6, 6.07) is 7.57. The van der Waals surface area contributed by atoms with Crippen LogP contribution in [0.1, 0.15) is 42.0 Å². The van der Waals surface area contributed by atoms with Gasteiger partial charge in [0.05, 0.1) is 12.5 Å². The van der Waals surface area contributed by atoms with E-state index in [1.807, 2.05) is 24.3 Å². The number of rotatable bonds is 10. The Balaban J connectivity index is 1.33. The lowest BCUT2D eigenvalue weighted by Crippen LogP contribution is -2.49. The zero-order valence-electron chi connectivity index (χ0n) is 19.8. The Morgan fingerprint density at radius 1 is 1.15 bits per heavy atom. The van der Waals surface area contributed by atoms with Crippen molar-refractivity contribution in [2.24, 2.45) is 0 Å². The third kappa shape index (κ3) is 6.24. The lowest BCUT2D eigenvalue weighted by atomic mass is 9.97. The summed E-state index contributed by atoms with van der Waals surface area (Å²) in [4.78, 5) is 26.7. The first kappa shape index (κ1) is 24.9. The number of halogens is 1. The molecule has 1 amide bonds. The summed E-state index contributed by atoms with van der Waals surface area (Å²) in [6.07, 6.45) is 3.73. The Kier molecular flexibility index (Phi) is 8.72. The zero-order valence-corrected chi connectivity index (χ0v) is 20.6. The number of carbonyl (C=O) groups excluding carboxylic acids is 1. The van der Waals surface area contributed by atoms with Crippen molar-refractivity contribution >= 4 is 23.3 Å². The number of anilines is 1. The molecular formula is C25H35ClN6O2. The van der Waals surface area contributed by atoms with Gasteiger partial charge in [-0.2, -0.15) is 0 Å². The second-order valence-corrected chi connectivity index (χ2v) is 9.65. The van der Waals surface area contributed by atoms with Crippen LogP contribution in [-0.4, -0.2) is 89.7 Å². The van der Waals surface area contributed by atoms with Crippen LogP contribution in [0, 0.1) is 0 Å².